The van der Waals surface area contributed by atoms with Crippen LogP contribution in [0.3, 0.4) is 0 Å². The molecule has 0 unspecified atom stereocenters. The van der Waals surface area contributed by atoms with Gasteiger partial charge in [-0.15, -0.1) is 0 Å². The van der Waals surface area contributed by atoms with E-state index < -0.39 is 16.9 Å². The Morgan fingerprint density at radius 3 is 2.47 bits per heavy atom. The van der Waals surface area contributed by atoms with Crippen molar-refractivity contribution in [2.45, 2.75) is 0 Å². The van der Waals surface area contributed by atoms with Gasteiger partial charge in [-0.3, -0.25) is 4.79 Å². The summed E-state index contributed by atoms with van der Waals surface area (Å²) < 4.78 is 4.79. The maximum absolute atomic E-state index is 11.1. The number of para-hydroxylation sites is 1. The number of amides is 1. The van der Waals surface area contributed by atoms with Gasteiger partial charge in [-0.2, -0.15) is 0 Å². The first-order valence-electron chi connectivity index (χ1n) is 4.48. The molecule has 0 aliphatic rings. The largest absolute Gasteiger partial charge is 0.423 e. The fourth-order valence-electron chi connectivity index (χ4n) is 0.910. The molecule has 1 aromatic rings. The molecular formula is C10H8N2O5. The van der Waals surface area contributed by atoms with Crippen LogP contribution in [0.25, 0.3) is 0 Å². The highest BCUT2D eigenvalue weighted by atomic mass is 16.7. The van der Waals surface area contributed by atoms with Crippen LogP contribution >= 0.6 is 0 Å². The van der Waals surface area contributed by atoms with Gasteiger partial charge in [0.1, 0.15) is 5.75 Å². The van der Waals surface area contributed by atoms with E-state index >= 15 is 0 Å². The van der Waals surface area contributed by atoms with E-state index in [1.54, 1.807) is 30.3 Å². The molecule has 0 aliphatic heterocycles. The molecule has 1 aromatic carbocycles. The number of hydrogen-bond acceptors (Lipinski definition) is 5. The molecule has 0 spiro atoms. The highest BCUT2D eigenvalue weighted by molar-refractivity contribution is 5.94. The summed E-state index contributed by atoms with van der Waals surface area (Å²) in [5, 5.41) is 8.85. The van der Waals surface area contributed by atoms with Crippen LogP contribution in [0.15, 0.2) is 42.5 Å². The molecule has 0 aliphatic carbocycles. The van der Waals surface area contributed by atoms with Crippen molar-refractivity contribution in [1.29, 1.82) is 0 Å². The zero-order valence-corrected chi connectivity index (χ0v) is 8.53. The number of nitrogens with zero attached hydrogens (tertiary/aromatic N) is 1. The Balaban J connectivity index is 2.47. The van der Waals surface area contributed by atoms with Crippen molar-refractivity contribution in [3.8, 4) is 5.75 Å². The molecule has 7 nitrogen and oxygen atoms in total. The summed E-state index contributed by atoms with van der Waals surface area (Å²) in [7, 11) is 0. The summed E-state index contributed by atoms with van der Waals surface area (Å²) in [6, 6.07) is 8.21. The van der Waals surface area contributed by atoms with Gasteiger partial charge in [0.25, 0.3) is 0 Å². The van der Waals surface area contributed by atoms with Gasteiger partial charge in [0.2, 0.25) is 0 Å². The number of carbonyl (C=O) groups is 2. The number of benzene rings is 1. The lowest BCUT2D eigenvalue weighted by molar-refractivity contribution is -0.529. The molecule has 0 bridgehead atoms. The number of esters is 1. The highest BCUT2D eigenvalue weighted by Gasteiger charge is 2.04. The van der Waals surface area contributed by atoms with E-state index in [-0.39, 0.29) is 0 Å². The molecular weight excluding hydrogens is 228 g/mol. The summed E-state index contributed by atoms with van der Waals surface area (Å²) in [5.41, 5.74) is 1.35. The van der Waals surface area contributed by atoms with Gasteiger partial charge in [0, 0.05) is 12.2 Å². The monoisotopic (exact) mass is 236 g/mol. The van der Waals surface area contributed by atoms with Gasteiger partial charge in [0.05, 0.1) is 0 Å². The van der Waals surface area contributed by atoms with Crippen LogP contribution in [0.4, 0.5) is 0 Å². The average Bonchev–Trinajstić information content (AvgIpc) is 2.27. The van der Waals surface area contributed by atoms with Gasteiger partial charge in [-0.05, 0) is 12.1 Å². The number of hydrazine groups is 1. The summed E-state index contributed by atoms with van der Waals surface area (Å²) in [6.07, 6.45) is 1.51. The van der Waals surface area contributed by atoms with Crippen LogP contribution in [-0.2, 0) is 9.59 Å². The lowest BCUT2D eigenvalue weighted by atomic mass is 10.3. The van der Waals surface area contributed by atoms with Crippen molar-refractivity contribution in [3.63, 3.8) is 0 Å². The number of rotatable bonds is 4. The van der Waals surface area contributed by atoms with Gasteiger partial charge < -0.3 is 4.74 Å². The maximum Gasteiger partial charge on any atom is 0.336 e. The Labute approximate surface area is 95.8 Å². The predicted octanol–water partition coefficient (Wildman–Crippen LogP) is 0.456. The summed E-state index contributed by atoms with van der Waals surface area (Å²) in [4.78, 5) is 31.8. The lowest BCUT2D eigenvalue weighted by Gasteiger charge is -1.98. The van der Waals surface area contributed by atoms with Gasteiger partial charge in [-0.1, -0.05) is 23.6 Å². The van der Waals surface area contributed by atoms with Crippen LogP contribution in [-0.4, -0.2) is 16.9 Å². The van der Waals surface area contributed by atoms with E-state index in [1.807, 2.05) is 0 Å². The molecule has 0 saturated carbocycles. The van der Waals surface area contributed by atoms with Crippen LogP contribution in [0.5, 0.6) is 5.75 Å². The van der Waals surface area contributed by atoms with Crippen molar-refractivity contribution in [2.75, 3.05) is 0 Å². The SMILES string of the molecule is O=C(/C=C\C(=O)Oc1ccccc1)N[N+](=O)[O-]. The third kappa shape index (κ3) is 5.07. The molecule has 7 heteroatoms. The van der Waals surface area contributed by atoms with Crippen molar-refractivity contribution in [2.24, 2.45) is 0 Å². The minimum Gasteiger partial charge on any atom is -0.423 e. The van der Waals surface area contributed by atoms with E-state index in [2.05, 4.69) is 0 Å². The molecule has 88 valence electrons. The number of carbonyl (C=O) groups excluding carboxylic acids is 2. The van der Waals surface area contributed by atoms with Crippen molar-refractivity contribution in [1.82, 2.24) is 5.43 Å². The molecule has 0 atom stereocenters. The Bertz CT molecular complexity index is 455. The molecule has 0 saturated heterocycles. The summed E-state index contributed by atoms with van der Waals surface area (Å²) >= 11 is 0. The molecule has 17 heavy (non-hydrogen) atoms. The fourth-order valence-corrected chi connectivity index (χ4v) is 0.910. The number of nitro groups is 1. The minimum atomic E-state index is -1.02. The van der Waals surface area contributed by atoms with Gasteiger partial charge in [-0.25, -0.2) is 14.9 Å². The Kier molecular flexibility index (Phi) is 4.37. The smallest absolute Gasteiger partial charge is 0.336 e. The van der Waals surface area contributed by atoms with Crippen molar-refractivity contribution >= 4 is 11.9 Å². The first kappa shape index (κ1) is 12.4. The van der Waals surface area contributed by atoms with Crippen LogP contribution in [0.1, 0.15) is 0 Å². The Morgan fingerprint density at radius 1 is 1.24 bits per heavy atom. The molecule has 0 heterocycles. The number of ether oxygens (including phenoxy) is 1. The molecule has 0 fully saturated rings. The minimum absolute atomic E-state index is 0.317. The first-order valence-corrected chi connectivity index (χ1v) is 4.48. The fraction of sp³-hybridized carbons (Fsp3) is 0. The predicted molar refractivity (Wildman–Crippen MR) is 56.4 cm³/mol. The summed E-state index contributed by atoms with van der Waals surface area (Å²) in [6.45, 7) is 0. The molecule has 1 amide bonds. The van der Waals surface area contributed by atoms with E-state index in [0.29, 0.717) is 11.8 Å². The Hall–Kier alpha value is -2.70. The maximum atomic E-state index is 11.1. The molecule has 0 radical (unpaired) electrons. The second kappa shape index (κ2) is 6.01. The molecule has 1 N–H and O–H groups in total. The average molecular weight is 236 g/mol. The zero-order valence-electron chi connectivity index (χ0n) is 8.53. The van der Waals surface area contributed by atoms with Crippen LogP contribution < -0.4 is 10.2 Å². The second-order valence-electron chi connectivity index (χ2n) is 2.80. The van der Waals surface area contributed by atoms with E-state index in [4.69, 9.17) is 4.74 Å². The normalized spacial score (nSPS) is 9.88. The van der Waals surface area contributed by atoms with E-state index in [1.165, 1.54) is 5.43 Å². The number of nitrogens with one attached hydrogen (secondary N) is 1. The van der Waals surface area contributed by atoms with E-state index in [9.17, 15) is 19.7 Å². The molecule has 1 rings (SSSR count). The van der Waals surface area contributed by atoms with Gasteiger partial charge >= 0.3 is 11.9 Å². The van der Waals surface area contributed by atoms with Crippen LogP contribution in [0.2, 0.25) is 0 Å². The molecule has 0 aromatic heterocycles. The van der Waals surface area contributed by atoms with Crippen LogP contribution in [0, 0.1) is 10.1 Å². The topological polar surface area (TPSA) is 98.5 Å². The lowest BCUT2D eigenvalue weighted by Crippen LogP contribution is -2.27. The highest BCUT2D eigenvalue weighted by Crippen LogP contribution is 2.08. The second-order valence-corrected chi connectivity index (χ2v) is 2.80. The van der Waals surface area contributed by atoms with Gasteiger partial charge in [0.15, 0.2) is 5.03 Å². The summed E-state index contributed by atoms with van der Waals surface area (Å²) in [5.74, 6) is -1.49. The van der Waals surface area contributed by atoms with Crippen molar-refractivity contribution < 1.29 is 19.4 Å². The third-order valence-electron chi connectivity index (χ3n) is 1.53. The van der Waals surface area contributed by atoms with Crippen molar-refractivity contribution in [3.05, 3.63) is 52.6 Å². The first-order chi connectivity index (χ1) is 8.08. The standard InChI is InChI=1S/C10H8N2O5/c13-9(11-12(15)16)6-7-10(14)17-8-4-2-1-3-5-8/h1-7H,(H,11,13)/b7-6-. The Morgan fingerprint density at radius 2 is 1.88 bits per heavy atom. The zero-order chi connectivity index (χ0) is 12.7. The number of hydrogen-bond donors (Lipinski definition) is 1. The third-order valence-corrected chi connectivity index (χ3v) is 1.53. The quantitative estimate of drug-likeness (QED) is 0.269. The van der Waals surface area contributed by atoms with E-state index in [0.717, 1.165) is 6.08 Å².